The average Bonchev–Trinajstić information content (AvgIpc) is 2.75. The van der Waals surface area contributed by atoms with Crippen molar-refractivity contribution < 1.29 is 0 Å². The Kier molecular flexibility index (Phi) is 2.57. The van der Waals surface area contributed by atoms with E-state index in [9.17, 15) is 0 Å². The van der Waals surface area contributed by atoms with E-state index in [0.29, 0.717) is 0 Å². The summed E-state index contributed by atoms with van der Waals surface area (Å²) < 4.78 is 0. The number of hydrogen-bond acceptors (Lipinski definition) is 0. The maximum absolute atomic E-state index is 2.36. The van der Waals surface area contributed by atoms with E-state index < -0.39 is 0 Å². The predicted octanol–water partition coefficient (Wildman–Crippen LogP) is 8.04. The van der Waals surface area contributed by atoms with Crippen LogP contribution in [0.2, 0.25) is 0 Å². The van der Waals surface area contributed by atoms with Crippen molar-refractivity contribution in [3.05, 3.63) is 97.1 Å². The molecule has 0 aromatic heterocycles. The molecule has 0 aliphatic heterocycles. The van der Waals surface area contributed by atoms with Gasteiger partial charge in [-0.15, -0.1) is 0 Å². The van der Waals surface area contributed by atoms with Crippen LogP contribution in [-0.4, -0.2) is 0 Å². The van der Waals surface area contributed by atoms with Crippen LogP contribution in [0.5, 0.6) is 0 Å². The molecule has 0 N–H and O–H groups in total. The number of rotatable bonds is 0. The summed E-state index contributed by atoms with van der Waals surface area (Å²) in [5.41, 5.74) is 0. The third-order valence-electron chi connectivity index (χ3n) is 6.31. The van der Waals surface area contributed by atoms with Crippen LogP contribution in [-0.2, 0) is 0 Å². The zero-order valence-corrected chi connectivity index (χ0v) is 15.2. The van der Waals surface area contributed by atoms with E-state index in [1.54, 1.807) is 0 Å². The Bertz CT molecular complexity index is 1580. The van der Waals surface area contributed by atoms with E-state index in [1.807, 2.05) is 0 Å². The van der Waals surface area contributed by atoms with Crippen LogP contribution in [0.25, 0.3) is 64.6 Å². The Labute approximate surface area is 162 Å². The van der Waals surface area contributed by atoms with Gasteiger partial charge in [0.15, 0.2) is 0 Å². The summed E-state index contributed by atoms with van der Waals surface area (Å²) in [5, 5.41) is 16.2. The third kappa shape index (κ3) is 1.66. The number of benzene rings is 7. The van der Waals surface area contributed by atoms with Crippen molar-refractivity contribution in [2.45, 2.75) is 0 Å². The van der Waals surface area contributed by atoms with Crippen molar-refractivity contribution in [2.75, 3.05) is 0 Å². The summed E-state index contributed by atoms with van der Waals surface area (Å²) in [6.45, 7) is 0. The molecule has 128 valence electrons. The van der Waals surface area contributed by atoms with Gasteiger partial charge in [-0.3, -0.25) is 0 Å². The number of hydrogen-bond donors (Lipinski definition) is 0. The highest BCUT2D eigenvalue weighted by Gasteiger charge is 2.17. The van der Waals surface area contributed by atoms with E-state index in [4.69, 9.17) is 0 Å². The first-order valence-corrected chi connectivity index (χ1v) is 9.80. The van der Waals surface area contributed by atoms with Crippen molar-refractivity contribution in [1.29, 1.82) is 0 Å². The molecular formula is C28H16. The van der Waals surface area contributed by atoms with Gasteiger partial charge < -0.3 is 0 Å². The smallest absolute Gasteiger partial charge is 0.00134 e. The summed E-state index contributed by atoms with van der Waals surface area (Å²) in [6, 6.07) is 35.8. The van der Waals surface area contributed by atoms with Gasteiger partial charge in [-0.2, -0.15) is 0 Å². The van der Waals surface area contributed by atoms with Crippen LogP contribution in [0, 0.1) is 0 Å². The summed E-state index contributed by atoms with van der Waals surface area (Å²) in [7, 11) is 0. The van der Waals surface area contributed by atoms with Crippen LogP contribution in [0.4, 0.5) is 0 Å². The molecule has 0 nitrogen and oxygen atoms in total. The van der Waals surface area contributed by atoms with Gasteiger partial charge in [0.1, 0.15) is 0 Å². The summed E-state index contributed by atoms with van der Waals surface area (Å²) >= 11 is 0. The van der Waals surface area contributed by atoms with E-state index >= 15 is 0 Å². The predicted molar refractivity (Wildman–Crippen MR) is 123 cm³/mol. The molecule has 0 amide bonds. The van der Waals surface area contributed by atoms with Gasteiger partial charge in [-0.25, -0.2) is 0 Å². The SMILES string of the molecule is c1ccc2c(c1)cc1cc3ccccc3c3c4cccc5cccc(c54)c2c13. The lowest BCUT2D eigenvalue weighted by Gasteiger charge is -2.18. The molecule has 0 unspecified atom stereocenters. The monoisotopic (exact) mass is 352 g/mol. The minimum Gasteiger partial charge on any atom is -0.0616 e. The van der Waals surface area contributed by atoms with Gasteiger partial charge in [-0.05, 0) is 76.8 Å². The van der Waals surface area contributed by atoms with Crippen LogP contribution >= 0.6 is 0 Å². The maximum atomic E-state index is 2.36. The van der Waals surface area contributed by atoms with Crippen molar-refractivity contribution in [3.63, 3.8) is 0 Å². The maximum Gasteiger partial charge on any atom is -0.00134 e. The van der Waals surface area contributed by atoms with E-state index in [1.165, 1.54) is 64.6 Å². The molecule has 0 aliphatic carbocycles. The van der Waals surface area contributed by atoms with Gasteiger partial charge in [0.05, 0.1) is 0 Å². The topological polar surface area (TPSA) is 0 Å². The molecule has 7 aromatic carbocycles. The second kappa shape index (κ2) is 4.99. The molecule has 0 atom stereocenters. The lowest BCUT2D eigenvalue weighted by atomic mass is 9.85. The molecule has 0 bridgehead atoms. The van der Waals surface area contributed by atoms with Gasteiger partial charge in [0.2, 0.25) is 0 Å². The lowest BCUT2D eigenvalue weighted by molar-refractivity contribution is 1.79. The second-order valence-corrected chi connectivity index (χ2v) is 7.75. The molecule has 7 rings (SSSR count). The first-order chi connectivity index (χ1) is 13.9. The molecule has 0 fully saturated rings. The quantitative estimate of drug-likeness (QED) is 0.191. The van der Waals surface area contributed by atoms with E-state index in [2.05, 4.69) is 97.1 Å². The van der Waals surface area contributed by atoms with Crippen LogP contribution in [0.1, 0.15) is 0 Å². The molecule has 0 spiro atoms. The van der Waals surface area contributed by atoms with Gasteiger partial charge in [-0.1, -0.05) is 84.9 Å². The highest BCUT2D eigenvalue weighted by molar-refractivity contribution is 6.41. The molecule has 0 heteroatoms. The average molecular weight is 352 g/mol. The second-order valence-electron chi connectivity index (χ2n) is 7.75. The lowest BCUT2D eigenvalue weighted by Crippen LogP contribution is -1.90. The van der Waals surface area contributed by atoms with Crippen molar-refractivity contribution in [1.82, 2.24) is 0 Å². The fourth-order valence-electron chi connectivity index (χ4n) is 5.22. The molecule has 0 saturated heterocycles. The van der Waals surface area contributed by atoms with E-state index in [-0.39, 0.29) is 0 Å². The van der Waals surface area contributed by atoms with Gasteiger partial charge in [0.25, 0.3) is 0 Å². The highest BCUT2D eigenvalue weighted by atomic mass is 14.2. The number of fused-ring (bicyclic) bond motifs is 6. The molecule has 0 radical (unpaired) electrons. The minimum absolute atomic E-state index is 1.31. The van der Waals surface area contributed by atoms with Crippen molar-refractivity contribution in [3.8, 4) is 0 Å². The third-order valence-corrected chi connectivity index (χ3v) is 6.31. The van der Waals surface area contributed by atoms with Gasteiger partial charge >= 0.3 is 0 Å². The fraction of sp³-hybridized carbons (Fsp3) is 0. The van der Waals surface area contributed by atoms with Gasteiger partial charge in [0, 0.05) is 0 Å². The molecule has 0 aliphatic rings. The summed E-state index contributed by atoms with van der Waals surface area (Å²) in [5.74, 6) is 0. The van der Waals surface area contributed by atoms with E-state index in [0.717, 1.165) is 0 Å². The first kappa shape index (κ1) is 14.4. The zero-order chi connectivity index (χ0) is 18.2. The Balaban J connectivity index is 2.01. The van der Waals surface area contributed by atoms with Crippen LogP contribution in [0.15, 0.2) is 97.1 Å². The molecule has 7 aromatic rings. The normalized spacial score (nSPS) is 12.3. The summed E-state index contributed by atoms with van der Waals surface area (Å²) in [6.07, 6.45) is 0. The zero-order valence-electron chi connectivity index (χ0n) is 15.2. The first-order valence-electron chi connectivity index (χ1n) is 9.80. The Morgan fingerprint density at radius 3 is 1.32 bits per heavy atom. The highest BCUT2D eigenvalue weighted by Crippen LogP contribution is 2.45. The van der Waals surface area contributed by atoms with Crippen molar-refractivity contribution >= 4 is 64.6 Å². The largest absolute Gasteiger partial charge is 0.0616 e. The molecule has 0 heterocycles. The molecule has 0 saturated carbocycles. The fourth-order valence-corrected chi connectivity index (χ4v) is 5.22. The Morgan fingerprint density at radius 1 is 0.286 bits per heavy atom. The minimum atomic E-state index is 1.31. The molecule has 28 heavy (non-hydrogen) atoms. The summed E-state index contributed by atoms with van der Waals surface area (Å²) in [4.78, 5) is 0. The molecular weight excluding hydrogens is 336 g/mol. The van der Waals surface area contributed by atoms with Crippen LogP contribution in [0.3, 0.4) is 0 Å². The van der Waals surface area contributed by atoms with Crippen LogP contribution < -0.4 is 0 Å². The Morgan fingerprint density at radius 2 is 0.750 bits per heavy atom. The standard InChI is InChI=1S/C28H16/c1-3-11-21-18(7-1)15-20-16-19-8-2-4-12-22(19)28-24-14-6-10-17-9-5-13-23(25(17)24)27(21)26(20)28/h1-16H. The Hall–Kier alpha value is -3.64. The van der Waals surface area contributed by atoms with Crippen molar-refractivity contribution in [2.24, 2.45) is 0 Å².